The number of carbonyl (C=O) groups is 1. The van der Waals surface area contributed by atoms with E-state index in [2.05, 4.69) is 52.0 Å². The zero-order chi connectivity index (χ0) is 19.3. The molecule has 0 radical (unpaired) electrons. The van der Waals surface area contributed by atoms with Gasteiger partial charge in [0.1, 0.15) is 5.82 Å². The fourth-order valence-corrected chi connectivity index (χ4v) is 6.07. The number of nitrogens with zero attached hydrogens (tertiary/aromatic N) is 3. The van der Waals surface area contributed by atoms with Gasteiger partial charge in [0.2, 0.25) is 5.91 Å². The molecular formula is C23H30N4O. The van der Waals surface area contributed by atoms with Crippen molar-refractivity contribution in [2.24, 2.45) is 5.92 Å². The van der Waals surface area contributed by atoms with E-state index in [0.717, 1.165) is 38.2 Å². The normalized spacial score (nSPS) is 29.7. The summed E-state index contributed by atoms with van der Waals surface area (Å²) in [6.45, 7) is 5.84. The van der Waals surface area contributed by atoms with Gasteiger partial charge in [0, 0.05) is 44.2 Å². The Bertz CT molecular complexity index is 847. The first-order valence-corrected chi connectivity index (χ1v) is 10.7. The lowest BCUT2D eigenvalue weighted by molar-refractivity contribution is -0.134. The molecule has 5 rings (SSSR count). The molecule has 5 nitrogen and oxygen atoms in total. The van der Waals surface area contributed by atoms with Gasteiger partial charge in [-0.3, -0.25) is 9.69 Å². The third-order valence-electron chi connectivity index (χ3n) is 7.06. The lowest BCUT2D eigenvalue weighted by atomic mass is 9.80. The van der Waals surface area contributed by atoms with Gasteiger partial charge in [0.05, 0.1) is 11.7 Å². The highest BCUT2D eigenvalue weighted by molar-refractivity contribution is 5.74. The van der Waals surface area contributed by atoms with Crippen LogP contribution in [0.25, 0.3) is 0 Å². The average molecular weight is 379 g/mol. The fourth-order valence-electron chi connectivity index (χ4n) is 6.07. The van der Waals surface area contributed by atoms with Crippen molar-refractivity contribution >= 4 is 5.91 Å². The maximum atomic E-state index is 12.1. The van der Waals surface area contributed by atoms with E-state index in [1.54, 1.807) is 6.92 Å². The van der Waals surface area contributed by atoms with E-state index in [9.17, 15) is 4.79 Å². The van der Waals surface area contributed by atoms with Gasteiger partial charge in [-0.05, 0) is 44.1 Å². The summed E-state index contributed by atoms with van der Waals surface area (Å²) in [7, 11) is 0. The number of aromatic nitrogens is 2. The first-order valence-electron chi connectivity index (χ1n) is 10.7. The molecule has 0 spiro atoms. The van der Waals surface area contributed by atoms with Crippen molar-refractivity contribution in [1.29, 1.82) is 0 Å². The van der Waals surface area contributed by atoms with Crippen molar-refractivity contribution in [3.8, 4) is 0 Å². The van der Waals surface area contributed by atoms with E-state index < -0.39 is 0 Å². The van der Waals surface area contributed by atoms with Crippen molar-refractivity contribution in [3.63, 3.8) is 0 Å². The van der Waals surface area contributed by atoms with E-state index in [0.29, 0.717) is 24.0 Å². The number of benzene rings is 1. The van der Waals surface area contributed by atoms with E-state index in [1.807, 2.05) is 0 Å². The van der Waals surface area contributed by atoms with Crippen molar-refractivity contribution < 1.29 is 4.79 Å². The molecule has 0 saturated carbocycles. The number of H-pyrrole nitrogens is 1. The monoisotopic (exact) mass is 378 g/mol. The van der Waals surface area contributed by atoms with Crippen LogP contribution in [0.3, 0.4) is 0 Å². The molecule has 0 aliphatic carbocycles. The Labute approximate surface area is 167 Å². The van der Waals surface area contributed by atoms with Crippen molar-refractivity contribution in [2.45, 2.75) is 70.6 Å². The summed E-state index contributed by atoms with van der Waals surface area (Å²) in [6, 6.07) is 12.0. The highest BCUT2D eigenvalue weighted by atomic mass is 16.2. The van der Waals surface area contributed by atoms with Crippen LogP contribution < -0.4 is 0 Å². The number of piperidine rings is 1. The van der Waals surface area contributed by atoms with Crippen LogP contribution in [0.15, 0.2) is 30.3 Å². The summed E-state index contributed by atoms with van der Waals surface area (Å²) in [5.74, 6) is 1.85. The molecule has 1 aromatic carbocycles. The number of amides is 1. The van der Waals surface area contributed by atoms with E-state index in [-0.39, 0.29) is 5.91 Å². The lowest BCUT2D eigenvalue weighted by Gasteiger charge is -2.46. The molecule has 2 bridgehead atoms. The topological polar surface area (TPSA) is 52.2 Å². The summed E-state index contributed by atoms with van der Waals surface area (Å²) in [6.07, 6.45) is 5.59. The Hall–Kier alpha value is -2.14. The van der Waals surface area contributed by atoms with Gasteiger partial charge in [-0.1, -0.05) is 30.3 Å². The van der Waals surface area contributed by atoms with Gasteiger partial charge >= 0.3 is 0 Å². The minimum atomic E-state index is 0.257. The lowest BCUT2D eigenvalue weighted by Crippen LogP contribution is -2.49. The highest BCUT2D eigenvalue weighted by Crippen LogP contribution is 2.47. The number of fused-ring (bicyclic) bond motifs is 3. The second-order valence-electron chi connectivity index (χ2n) is 8.88. The Morgan fingerprint density at radius 2 is 1.89 bits per heavy atom. The van der Waals surface area contributed by atoms with Gasteiger partial charge in [0.25, 0.3) is 0 Å². The van der Waals surface area contributed by atoms with Crippen LogP contribution in [0, 0.1) is 12.8 Å². The number of nitrogens with one attached hydrogen (secondary N) is 1. The number of aromatic amines is 1. The molecule has 1 aromatic heterocycles. The molecule has 3 aliphatic heterocycles. The van der Waals surface area contributed by atoms with Crippen LogP contribution >= 0.6 is 0 Å². The Morgan fingerprint density at radius 1 is 1.18 bits per heavy atom. The molecule has 3 unspecified atom stereocenters. The molecule has 4 heterocycles. The van der Waals surface area contributed by atoms with E-state index in [1.165, 1.54) is 29.8 Å². The van der Waals surface area contributed by atoms with Gasteiger partial charge < -0.3 is 9.88 Å². The van der Waals surface area contributed by atoms with Crippen LogP contribution in [-0.2, 0) is 17.8 Å². The summed E-state index contributed by atoms with van der Waals surface area (Å²) in [5, 5.41) is 0. The first-order chi connectivity index (χ1) is 13.6. The number of aryl methyl sites for hydroxylation is 1. The largest absolute Gasteiger partial charge is 0.346 e. The Kier molecular flexibility index (Phi) is 4.50. The summed E-state index contributed by atoms with van der Waals surface area (Å²) >= 11 is 0. The second kappa shape index (κ2) is 7.03. The smallest absolute Gasteiger partial charge is 0.219 e. The number of carbonyl (C=O) groups excluding carboxylic acids is 1. The van der Waals surface area contributed by atoms with E-state index >= 15 is 0 Å². The maximum absolute atomic E-state index is 12.1. The van der Waals surface area contributed by atoms with Gasteiger partial charge in [-0.15, -0.1) is 0 Å². The molecule has 3 aliphatic rings. The zero-order valence-electron chi connectivity index (χ0n) is 16.9. The summed E-state index contributed by atoms with van der Waals surface area (Å²) in [4.78, 5) is 25.4. The van der Waals surface area contributed by atoms with Crippen LogP contribution in [0.1, 0.15) is 61.4 Å². The summed E-state index contributed by atoms with van der Waals surface area (Å²) < 4.78 is 0. The molecular weight excluding hydrogens is 348 g/mol. The molecule has 2 aromatic rings. The number of hydrogen-bond donors (Lipinski definition) is 1. The zero-order valence-corrected chi connectivity index (χ0v) is 16.9. The van der Waals surface area contributed by atoms with Crippen LogP contribution in [-0.4, -0.2) is 44.3 Å². The predicted molar refractivity (Wildman–Crippen MR) is 109 cm³/mol. The first kappa shape index (κ1) is 17.9. The predicted octanol–water partition coefficient (Wildman–Crippen LogP) is 3.61. The van der Waals surface area contributed by atoms with Gasteiger partial charge in [-0.2, -0.15) is 0 Å². The fraction of sp³-hybridized carbons (Fsp3) is 0.565. The quantitative estimate of drug-likeness (QED) is 0.888. The van der Waals surface area contributed by atoms with Crippen LogP contribution in [0.4, 0.5) is 0 Å². The maximum Gasteiger partial charge on any atom is 0.219 e. The van der Waals surface area contributed by atoms with Gasteiger partial charge in [-0.25, -0.2) is 4.98 Å². The Balaban J connectivity index is 1.46. The second-order valence-corrected chi connectivity index (χ2v) is 8.88. The van der Waals surface area contributed by atoms with Crippen molar-refractivity contribution in [1.82, 2.24) is 19.8 Å². The molecule has 28 heavy (non-hydrogen) atoms. The molecule has 1 N–H and O–H groups in total. The minimum Gasteiger partial charge on any atom is -0.346 e. The minimum absolute atomic E-state index is 0.257. The van der Waals surface area contributed by atoms with Gasteiger partial charge in [0.15, 0.2) is 0 Å². The molecule has 148 valence electrons. The SMILES string of the molecule is CC(=O)N1C2CCC1CC(C1c3nc(C)[nH]c3CCN1Cc1ccccc1)C2. The number of rotatable bonds is 3. The average Bonchev–Trinajstić information content (AvgIpc) is 3.18. The number of imidazole rings is 1. The Morgan fingerprint density at radius 3 is 2.57 bits per heavy atom. The third kappa shape index (κ3) is 3.06. The van der Waals surface area contributed by atoms with Crippen molar-refractivity contribution in [3.05, 3.63) is 53.1 Å². The molecule has 5 heteroatoms. The standard InChI is InChI=1S/C23H30N4O/c1-15-24-21-10-11-26(14-17-6-4-3-5-7-17)23(22(21)25-15)18-12-19-8-9-20(13-18)27(19)16(2)28/h3-7,18-20,23H,8-14H2,1-2H3,(H,24,25). The highest BCUT2D eigenvalue weighted by Gasteiger charge is 2.47. The molecule has 2 fully saturated rings. The van der Waals surface area contributed by atoms with E-state index in [4.69, 9.17) is 4.98 Å². The van der Waals surface area contributed by atoms with Crippen molar-refractivity contribution in [2.75, 3.05) is 6.54 Å². The van der Waals surface area contributed by atoms with Crippen LogP contribution in [0.2, 0.25) is 0 Å². The summed E-state index contributed by atoms with van der Waals surface area (Å²) in [5.41, 5.74) is 3.96. The molecule has 3 atom stereocenters. The molecule has 2 saturated heterocycles. The molecule has 1 amide bonds. The van der Waals surface area contributed by atoms with Crippen LogP contribution in [0.5, 0.6) is 0 Å². The third-order valence-corrected chi connectivity index (χ3v) is 7.06. The number of hydrogen-bond acceptors (Lipinski definition) is 3.